The molecule has 0 aliphatic rings. The lowest BCUT2D eigenvalue weighted by atomic mass is 10.0. The smallest absolute Gasteiger partial charge is 0.00313 e. The first-order valence-electron chi connectivity index (χ1n) is 15.6. The van der Waals surface area contributed by atoms with Crippen molar-refractivity contribution in [1.82, 2.24) is 0 Å². The molecule has 0 aromatic rings. The van der Waals surface area contributed by atoms with E-state index in [4.69, 9.17) is 0 Å². The maximum Gasteiger partial charge on any atom is 0.00313 e. The van der Waals surface area contributed by atoms with E-state index < -0.39 is 0 Å². The van der Waals surface area contributed by atoms with Gasteiger partial charge in [-0.1, -0.05) is 189 Å². The highest BCUT2D eigenvalue weighted by molar-refractivity contribution is 9.09. The van der Waals surface area contributed by atoms with Crippen LogP contribution in [0, 0.1) is 0 Å². The molecule has 1 heteroatoms. The minimum Gasteiger partial charge on any atom is -0.103 e. The summed E-state index contributed by atoms with van der Waals surface area (Å²) in [6.07, 6.45) is 44.3. The summed E-state index contributed by atoms with van der Waals surface area (Å²) in [7, 11) is 0. The van der Waals surface area contributed by atoms with Gasteiger partial charge in [0, 0.05) is 5.33 Å². The summed E-state index contributed by atoms with van der Waals surface area (Å²) in [5.74, 6) is 0. The van der Waals surface area contributed by atoms with E-state index in [0.717, 1.165) is 0 Å². The second kappa shape index (κ2) is 32.2. The maximum absolute atomic E-state index is 3.80. The lowest BCUT2D eigenvalue weighted by Crippen LogP contribution is -1.85. The number of unbranched alkanes of at least 4 members (excludes halogenated alkanes) is 28. The molecule has 0 aliphatic heterocycles. The number of hydrogen-bond donors (Lipinski definition) is 0. The molecule has 0 unspecified atom stereocenters. The Morgan fingerprint density at radius 3 is 0.667 bits per heavy atom. The van der Waals surface area contributed by atoms with E-state index in [0.29, 0.717) is 0 Å². The van der Waals surface area contributed by atoms with Crippen LogP contribution in [0.5, 0.6) is 0 Å². The number of hydrogen-bond acceptors (Lipinski definition) is 0. The quantitative estimate of drug-likeness (QED) is 0.0495. The van der Waals surface area contributed by atoms with E-state index in [1.807, 2.05) is 0 Å². The van der Waals surface area contributed by atoms with Crippen molar-refractivity contribution < 1.29 is 0 Å². The predicted octanol–water partition coefficient (Wildman–Crippen LogP) is 12.9. The van der Waals surface area contributed by atoms with Gasteiger partial charge in [-0.25, -0.2) is 0 Å². The molecule has 0 aromatic heterocycles. The van der Waals surface area contributed by atoms with E-state index in [1.54, 1.807) is 0 Å². The van der Waals surface area contributed by atoms with Gasteiger partial charge in [-0.3, -0.25) is 0 Å². The zero-order chi connectivity index (χ0) is 23.9. The highest BCUT2D eigenvalue weighted by atomic mass is 79.9. The summed E-state index contributed by atoms with van der Waals surface area (Å²) in [5, 5.41) is 1.19. The van der Waals surface area contributed by atoms with Gasteiger partial charge in [0.05, 0.1) is 0 Å². The average Bonchev–Trinajstić information content (AvgIpc) is 2.83. The van der Waals surface area contributed by atoms with Crippen LogP contribution in [0.4, 0.5) is 0 Å². The van der Waals surface area contributed by atoms with Gasteiger partial charge in [0.25, 0.3) is 0 Å². The number of alkyl halides is 1. The first-order valence-corrected chi connectivity index (χ1v) is 16.7. The summed E-state index contributed by atoms with van der Waals surface area (Å²) in [6.45, 7) is 3.80. The Morgan fingerprint density at radius 2 is 0.485 bits per heavy atom. The summed E-state index contributed by atoms with van der Waals surface area (Å²) >= 11 is 3.52. The van der Waals surface area contributed by atoms with Crippen molar-refractivity contribution in [3.8, 4) is 0 Å². The summed E-state index contributed by atoms with van der Waals surface area (Å²) in [5.41, 5.74) is 0. The fraction of sp³-hybridized carbons (Fsp3) is 0.938. The molecule has 0 nitrogen and oxygen atoms in total. The molecule has 0 saturated heterocycles. The normalized spacial score (nSPS) is 11.3. The van der Waals surface area contributed by atoms with Crippen molar-refractivity contribution in [2.24, 2.45) is 0 Å². The molecule has 0 atom stereocenters. The molecule has 198 valence electrons. The van der Waals surface area contributed by atoms with E-state index in [2.05, 4.69) is 28.6 Å². The highest BCUT2D eigenvalue weighted by Crippen LogP contribution is 2.16. The summed E-state index contributed by atoms with van der Waals surface area (Å²) in [6, 6.07) is 0. The third-order valence-electron chi connectivity index (χ3n) is 7.29. The number of halogens is 1. The molecule has 0 amide bonds. The minimum atomic E-state index is 1.19. The maximum atomic E-state index is 3.80. The van der Waals surface area contributed by atoms with Gasteiger partial charge in [-0.2, -0.15) is 0 Å². The highest BCUT2D eigenvalue weighted by Gasteiger charge is 1.96. The Bertz CT molecular complexity index is 337. The third-order valence-corrected chi connectivity index (χ3v) is 7.85. The largest absolute Gasteiger partial charge is 0.103 e. The fourth-order valence-electron chi connectivity index (χ4n) is 4.98. The minimum absolute atomic E-state index is 1.19. The van der Waals surface area contributed by atoms with Gasteiger partial charge in [-0.05, 0) is 19.3 Å². The van der Waals surface area contributed by atoms with Crippen LogP contribution in [-0.2, 0) is 0 Å². The van der Waals surface area contributed by atoms with Crippen molar-refractivity contribution in [1.29, 1.82) is 0 Å². The Kier molecular flexibility index (Phi) is 32.4. The number of rotatable bonds is 30. The van der Waals surface area contributed by atoms with Crippen LogP contribution in [0.2, 0.25) is 0 Å². The number of allylic oxidation sites excluding steroid dienone is 1. The van der Waals surface area contributed by atoms with Crippen LogP contribution in [0.1, 0.15) is 186 Å². The van der Waals surface area contributed by atoms with Gasteiger partial charge < -0.3 is 0 Å². The SMILES string of the molecule is C=CCCCCCCCCCCCCCCCCCCCCCCCCCCCCCCBr. The van der Waals surface area contributed by atoms with E-state index in [-0.39, 0.29) is 0 Å². The summed E-state index contributed by atoms with van der Waals surface area (Å²) in [4.78, 5) is 0. The van der Waals surface area contributed by atoms with E-state index in [9.17, 15) is 0 Å². The van der Waals surface area contributed by atoms with Crippen molar-refractivity contribution in [3.05, 3.63) is 12.7 Å². The molecule has 0 heterocycles. The molecule has 0 N–H and O–H groups in total. The van der Waals surface area contributed by atoms with Crippen molar-refractivity contribution in [3.63, 3.8) is 0 Å². The van der Waals surface area contributed by atoms with Crippen LogP contribution in [0.25, 0.3) is 0 Å². The van der Waals surface area contributed by atoms with Crippen LogP contribution in [0.3, 0.4) is 0 Å². The Hall–Kier alpha value is 0.220. The molecule has 0 fully saturated rings. The van der Waals surface area contributed by atoms with Gasteiger partial charge in [0.2, 0.25) is 0 Å². The van der Waals surface area contributed by atoms with Crippen LogP contribution in [-0.4, -0.2) is 5.33 Å². The van der Waals surface area contributed by atoms with Crippen molar-refractivity contribution >= 4 is 15.9 Å². The molecule has 0 aliphatic carbocycles. The Balaban J connectivity index is 2.99. The van der Waals surface area contributed by atoms with Crippen LogP contribution < -0.4 is 0 Å². The van der Waals surface area contributed by atoms with Gasteiger partial charge in [0.1, 0.15) is 0 Å². The second-order valence-electron chi connectivity index (χ2n) is 10.7. The third kappa shape index (κ3) is 32.2. The van der Waals surface area contributed by atoms with Crippen molar-refractivity contribution in [2.45, 2.75) is 186 Å². The molecule has 33 heavy (non-hydrogen) atoms. The average molecular weight is 528 g/mol. The lowest BCUT2D eigenvalue weighted by Gasteiger charge is -2.04. The first-order chi connectivity index (χ1) is 16.4. The molecule has 0 spiro atoms. The van der Waals surface area contributed by atoms with E-state index >= 15 is 0 Å². The molecule has 0 rings (SSSR count). The van der Waals surface area contributed by atoms with E-state index in [1.165, 1.54) is 192 Å². The van der Waals surface area contributed by atoms with Crippen LogP contribution in [0.15, 0.2) is 12.7 Å². The predicted molar refractivity (Wildman–Crippen MR) is 158 cm³/mol. The molecular weight excluding hydrogens is 464 g/mol. The topological polar surface area (TPSA) is 0 Å². The monoisotopic (exact) mass is 526 g/mol. The molecule has 0 bridgehead atoms. The molecule has 0 saturated carbocycles. The standard InChI is InChI=1S/C32H63Br/c1-2-3-4-5-6-7-8-9-10-11-12-13-14-15-16-17-18-19-20-21-22-23-24-25-26-27-28-29-30-31-32-33/h2H,1,3-32H2. The molecule has 0 aromatic carbocycles. The summed E-state index contributed by atoms with van der Waals surface area (Å²) < 4.78 is 0. The van der Waals surface area contributed by atoms with Gasteiger partial charge in [-0.15, -0.1) is 6.58 Å². The zero-order valence-corrected chi connectivity index (χ0v) is 24.5. The lowest BCUT2D eigenvalue weighted by molar-refractivity contribution is 0.514. The fourth-order valence-corrected chi connectivity index (χ4v) is 5.38. The zero-order valence-electron chi connectivity index (χ0n) is 22.9. The molecular formula is C32H63Br. The first kappa shape index (κ1) is 33.2. The molecule has 0 radical (unpaired) electrons. The Labute approximate surface area is 219 Å². The van der Waals surface area contributed by atoms with Crippen molar-refractivity contribution in [2.75, 3.05) is 5.33 Å². The van der Waals surface area contributed by atoms with Gasteiger partial charge in [0.15, 0.2) is 0 Å². The second-order valence-corrected chi connectivity index (χ2v) is 11.5. The Morgan fingerprint density at radius 1 is 0.303 bits per heavy atom. The van der Waals surface area contributed by atoms with Crippen LogP contribution >= 0.6 is 15.9 Å². The van der Waals surface area contributed by atoms with Gasteiger partial charge >= 0.3 is 0 Å².